The van der Waals surface area contributed by atoms with Gasteiger partial charge in [0.2, 0.25) is 0 Å². The lowest BCUT2D eigenvalue weighted by Crippen LogP contribution is -2.28. The molecule has 0 N–H and O–H groups in total. The van der Waals surface area contributed by atoms with Crippen molar-refractivity contribution in [3.63, 3.8) is 0 Å². The second kappa shape index (κ2) is 22.1. The summed E-state index contributed by atoms with van der Waals surface area (Å²) in [5.74, 6) is 0. The molecule has 2 heteroatoms. The summed E-state index contributed by atoms with van der Waals surface area (Å²) in [7, 11) is 0. The van der Waals surface area contributed by atoms with E-state index in [4.69, 9.17) is 0 Å². The molecule has 1 aliphatic carbocycles. The number of rotatable bonds is 11. The number of benzene rings is 15. The zero-order chi connectivity index (χ0) is 61.4. The van der Waals surface area contributed by atoms with Crippen molar-refractivity contribution in [1.82, 2.24) is 9.13 Å². The Labute approximate surface area is 541 Å². The molecule has 18 rings (SSSR count). The van der Waals surface area contributed by atoms with Crippen LogP contribution in [0.1, 0.15) is 22.3 Å². The minimum Gasteiger partial charge on any atom is -0.309 e. The average Bonchev–Trinajstić information content (AvgIpc) is 1.43. The van der Waals surface area contributed by atoms with Crippen molar-refractivity contribution in [2.75, 3.05) is 0 Å². The fraction of sp³-hybridized carbons (Fsp3) is 0.0110. The Morgan fingerprint density at radius 2 is 0.505 bits per heavy atom. The van der Waals surface area contributed by atoms with Crippen LogP contribution < -0.4 is 0 Å². The fourth-order valence-corrected chi connectivity index (χ4v) is 15.3. The molecular formula is C91H60N2. The SMILES string of the molecule is c1ccc(-c2cccc(-n3c4ccccc4c4cc(-c5ccc6c(c5)c5ccccc5n6-c5ccc(-c6ccc(-c7ccc(-c8cccc(C9(c%10cccc(-c%11ccccc%11-c%11ccccc%11)c%10)c%10ccccc%10-c%10ccccc%109)c8)cc7)cc6)cc5)ccc43)c2)cc1. The van der Waals surface area contributed by atoms with Crippen LogP contribution >= 0.6 is 0 Å². The van der Waals surface area contributed by atoms with Crippen molar-refractivity contribution in [3.8, 4) is 100 Å². The number of aromatic nitrogens is 2. The van der Waals surface area contributed by atoms with Gasteiger partial charge in [-0.15, -0.1) is 0 Å². The summed E-state index contributed by atoms with van der Waals surface area (Å²) < 4.78 is 4.83. The molecule has 0 atom stereocenters. The zero-order valence-electron chi connectivity index (χ0n) is 51.0. The van der Waals surface area contributed by atoms with E-state index in [9.17, 15) is 0 Å². The van der Waals surface area contributed by atoms with Gasteiger partial charge in [-0.05, 0) is 184 Å². The number of para-hydroxylation sites is 2. The van der Waals surface area contributed by atoms with Crippen molar-refractivity contribution in [2.45, 2.75) is 5.41 Å². The maximum atomic E-state index is 2.44. The fourth-order valence-electron chi connectivity index (χ4n) is 15.3. The van der Waals surface area contributed by atoms with Gasteiger partial charge in [0, 0.05) is 32.9 Å². The lowest BCUT2D eigenvalue weighted by molar-refractivity contribution is 0.769. The van der Waals surface area contributed by atoms with Crippen LogP contribution in [0.3, 0.4) is 0 Å². The van der Waals surface area contributed by atoms with Crippen molar-refractivity contribution in [1.29, 1.82) is 0 Å². The summed E-state index contributed by atoms with van der Waals surface area (Å²) in [6.07, 6.45) is 0. The molecule has 0 fully saturated rings. The highest BCUT2D eigenvalue weighted by Crippen LogP contribution is 2.57. The van der Waals surface area contributed by atoms with Gasteiger partial charge in [-0.25, -0.2) is 0 Å². The number of hydrogen-bond donors (Lipinski definition) is 0. The molecule has 93 heavy (non-hydrogen) atoms. The van der Waals surface area contributed by atoms with Crippen LogP contribution in [0.25, 0.3) is 144 Å². The van der Waals surface area contributed by atoms with Crippen molar-refractivity contribution < 1.29 is 0 Å². The van der Waals surface area contributed by atoms with Gasteiger partial charge in [0.25, 0.3) is 0 Å². The maximum absolute atomic E-state index is 2.44. The summed E-state index contributed by atoms with van der Waals surface area (Å²) in [5, 5.41) is 4.96. The first-order valence-electron chi connectivity index (χ1n) is 32.2. The predicted octanol–water partition coefficient (Wildman–Crippen LogP) is 23.9. The molecule has 17 aromatic rings. The summed E-state index contributed by atoms with van der Waals surface area (Å²) in [4.78, 5) is 0. The van der Waals surface area contributed by atoms with Gasteiger partial charge in [-0.2, -0.15) is 0 Å². The van der Waals surface area contributed by atoms with E-state index >= 15 is 0 Å². The van der Waals surface area contributed by atoms with E-state index < -0.39 is 5.41 Å². The van der Waals surface area contributed by atoms with Crippen LogP contribution in [0.15, 0.2) is 364 Å². The molecule has 0 amide bonds. The number of fused-ring (bicyclic) bond motifs is 9. The van der Waals surface area contributed by atoms with Crippen LogP contribution in [-0.4, -0.2) is 9.13 Å². The average molecular weight is 1180 g/mol. The van der Waals surface area contributed by atoms with Crippen LogP contribution in [0.4, 0.5) is 0 Å². The standard InChI is InChI=1S/C91H60N2/c1-3-20-61(21-4-1)69-25-19-29-76(58-69)93-88-39-16-12-35-82(88)84-60-71(51-55-90(84)93)70-50-54-89-83(59-70)81-34-11-15-38-87(81)92(89)75-52-48-65(49-53-75)64-42-40-62(41-43-64)63-44-46-66(47-45-63)68-24-17-27-73(56-68)91(85-36-13-9-32-79(85)80-33-10-14-37-86(80)91)74-28-18-26-72(57-74)78-31-8-7-30-77(78)67-22-5-2-6-23-67/h1-60H. The maximum Gasteiger partial charge on any atom is 0.0713 e. The van der Waals surface area contributed by atoms with E-state index in [1.165, 1.54) is 155 Å². The van der Waals surface area contributed by atoms with E-state index in [0.29, 0.717) is 0 Å². The highest BCUT2D eigenvalue weighted by molar-refractivity contribution is 6.13. The van der Waals surface area contributed by atoms with E-state index in [-0.39, 0.29) is 0 Å². The van der Waals surface area contributed by atoms with Crippen molar-refractivity contribution >= 4 is 43.6 Å². The monoisotopic (exact) mass is 1180 g/mol. The molecule has 0 saturated carbocycles. The normalized spacial score (nSPS) is 12.4. The van der Waals surface area contributed by atoms with Gasteiger partial charge in [-0.1, -0.05) is 291 Å². The zero-order valence-corrected chi connectivity index (χ0v) is 51.0. The van der Waals surface area contributed by atoms with Crippen LogP contribution in [0.5, 0.6) is 0 Å². The molecule has 434 valence electrons. The van der Waals surface area contributed by atoms with E-state index in [0.717, 1.165) is 11.4 Å². The topological polar surface area (TPSA) is 9.86 Å². The molecule has 0 bridgehead atoms. The third kappa shape index (κ3) is 8.94. The van der Waals surface area contributed by atoms with Gasteiger partial charge in [0.1, 0.15) is 0 Å². The van der Waals surface area contributed by atoms with Gasteiger partial charge < -0.3 is 9.13 Å². The van der Waals surface area contributed by atoms with Crippen LogP contribution in [0, 0.1) is 0 Å². The molecule has 2 aromatic heterocycles. The molecule has 1 aliphatic rings. The van der Waals surface area contributed by atoms with Crippen LogP contribution in [0.2, 0.25) is 0 Å². The van der Waals surface area contributed by atoms with E-state index in [2.05, 4.69) is 373 Å². The lowest BCUT2D eigenvalue weighted by Gasteiger charge is -2.34. The summed E-state index contributed by atoms with van der Waals surface area (Å²) in [6, 6.07) is 135. The molecule has 15 aromatic carbocycles. The molecular weight excluding hydrogens is 1120 g/mol. The molecule has 0 unspecified atom stereocenters. The quantitative estimate of drug-likeness (QED) is 0.122. The van der Waals surface area contributed by atoms with Gasteiger partial charge >= 0.3 is 0 Å². The minimum atomic E-state index is -0.555. The Kier molecular flexibility index (Phi) is 12.8. The van der Waals surface area contributed by atoms with Crippen molar-refractivity contribution in [3.05, 3.63) is 386 Å². The first kappa shape index (κ1) is 53.9. The first-order valence-corrected chi connectivity index (χ1v) is 32.2. The lowest BCUT2D eigenvalue weighted by atomic mass is 9.67. The third-order valence-electron chi connectivity index (χ3n) is 19.7. The second-order valence-electron chi connectivity index (χ2n) is 24.7. The third-order valence-corrected chi connectivity index (χ3v) is 19.7. The highest BCUT2D eigenvalue weighted by Gasteiger charge is 2.46. The Balaban J connectivity index is 0.629. The Morgan fingerprint density at radius 3 is 1.04 bits per heavy atom. The minimum absolute atomic E-state index is 0.555. The Bertz CT molecular complexity index is 5670. The molecule has 0 aliphatic heterocycles. The van der Waals surface area contributed by atoms with Gasteiger partial charge in [0.15, 0.2) is 0 Å². The van der Waals surface area contributed by atoms with Gasteiger partial charge in [0.05, 0.1) is 27.5 Å². The molecule has 2 heterocycles. The molecule has 2 nitrogen and oxygen atoms in total. The number of nitrogens with zero attached hydrogens (tertiary/aromatic N) is 2. The highest BCUT2D eigenvalue weighted by atomic mass is 15.0. The van der Waals surface area contributed by atoms with Crippen molar-refractivity contribution in [2.24, 2.45) is 0 Å². The van der Waals surface area contributed by atoms with Gasteiger partial charge in [-0.3, -0.25) is 0 Å². The molecule has 0 radical (unpaired) electrons. The van der Waals surface area contributed by atoms with E-state index in [1.54, 1.807) is 0 Å². The number of hydrogen-bond acceptors (Lipinski definition) is 0. The summed E-state index contributed by atoms with van der Waals surface area (Å²) >= 11 is 0. The van der Waals surface area contributed by atoms with E-state index in [1.807, 2.05) is 0 Å². The Morgan fingerprint density at radius 1 is 0.172 bits per heavy atom. The predicted molar refractivity (Wildman–Crippen MR) is 390 cm³/mol. The summed E-state index contributed by atoms with van der Waals surface area (Å²) in [6.45, 7) is 0. The smallest absolute Gasteiger partial charge is 0.0713 e. The van der Waals surface area contributed by atoms with Crippen LogP contribution in [-0.2, 0) is 5.41 Å². The Hall–Kier alpha value is -12.1. The largest absolute Gasteiger partial charge is 0.309 e. The second-order valence-corrected chi connectivity index (χ2v) is 24.7. The summed E-state index contributed by atoms with van der Waals surface area (Å²) in [5.41, 5.74) is 30.9. The molecule has 0 saturated heterocycles. The first-order chi connectivity index (χ1) is 46.1. The molecule has 0 spiro atoms.